The van der Waals surface area contributed by atoms with Gasteiger partial charge in [-0.25, -0.2) is 0 Å². The molecule has 1 rings (SSSR count). The highest BCUT2D eigenvalue weighted by Crippen LogP contribution is 2.13. The zero-order valence-electron chi connectivity index (χ0n) is 7.66. The van der Waals surface area contributed by atoms with E-state index in [1.165, 1.54) is 9.13 Å². The van der Waals surface area contributed by atoms with Crippen LogP contribution in [0.1, 0.15) is 12.0 Å². The third-order valence-corrected chi connectivity index (χ3v) is 2.82. The molecule has 13 heavy (non-hydrogen) atoms. The summed E-state index contributed by atoms with van der Waals surface area (Å²) in [6, 6.07) is 8.45. The van der Waals surface area contributed by atoms with Gasteiger partial charge in [-0.15, -0.1) is 0 Å². The largest absolute Gasteiger partial charge is 0.505 e. The molecule has 0 radical (unpaired) electrons. The van der Waals surface area contributed by atoms with Crippen LogP contribution in [0, 0.1) is 3.57 Å². The van der Waals surface area contributed by atoms with Crippen LogP contribution < -0.4 is 0 Å². The predicted molar refractivity (Wildman–Crippen MR) is 63.6 cm³/mol. The van der Waals surface area contributed by atoms with Gasteiger partial charge < -0.3 is 4.74 Å². The second kappa shape index (κ2) is 6.02. The number of halogens is 1. The maximum absolute atomic E-state index is 4.83. The van der Waals surface area contributed by atoms with Gasteiger partial charge in [0.05, 0.1) is 13.4 Å². The molecule has 0 atom stereocenters. The van der Waals surface area contributed by atoms with Gasteiger partial charge in [-0.2, -0.15) is 0 Å². The molecule has 0 aliphatic heterocycles. The van der Waals surface area contributed by atoms with Crippen LogP contribution in [0.3, 0.4) is 0 Å². The van der Waals surface area contributed by atoms with Gasteiger partial charge >= 0.3 is 0 Å². The van der Waals surface area contributed by atoms with Crippen molar-refractivity contribution in [3.8, 4) is 0 Å². The van der Waals surface area contributed by atoms with Crippen LogP contribution in [-0.4, -0.2) is 7.11 Å². The summed E-state index contributed by atoms with van der Waals surface area (Å²) in [7, 11) is 1.67. The zero-order chi connectivity index (χ0) is 9.52. The maximum Gasteiger partial charge on any atom is 0.0784 e. The zero-order valence-corrected chi connectivity index (χ0v) is 9.82. The molecule has 0 aromatic heterocycles. The SMILES string of the molecule is CO/C=C/CCc1ccccc1I. The topological polar surface area (TPSA) is 9.23 Å². The predicted octanol–water partition coefficient (Wildman–Crippen LogP) is 3.38. The lowest BCUT2D eigenvalue weighted by molar-refractivity contribution is 0.336. The monoisotopic (exact) mass is 288 g/mol. The average Bonchev–Trinajstić information content (AvgIpc) is 2.15. The van der Waals surface area contributed by atoms with Gasteiger partial charge in [-0.1, -0.05) is 18.2 Å². The Morgan fingerprint density at radius 2 is 2.15 bits per heavy atom. The second-order valence-electron chi connectivity index (χ2n) is 2.74. The molecule has 0 spiro atoms. The van der Waals surface area contributed by atoms with Gasteiger partial charge in [-0.3, -0.25) is 0 Å². The van der Waals surface area contributed by atoms with Crippen LogP contribution in [0.15, 0.2) is 36.6 Å². The Kier molecular flexibility index (Phi) is 4.90. The number of methoxy groups -OCH3 is 1. The number of rotatable bonds is 4. The van der Waals surface area contributed by atoms with Crippen LogP contribution in [0.2, 0.25) is 0 Å². The van der Waals surface area contributed by atoms with Gasteiger partial charge in [0.1, 0.15) is 0 Å². The fraction of sp³-hybridized carbons (Fsp3) is 0.273. The van der Waals surface area contributed by atoms with E-state index in [2.05, 4.69) is 46.9 Å². The molecule has 0 N–H and O–H groups in total. The smallest absolute Gasteiger partial charge is 0.0784 e. The van der Waals surface area contributed by atoms with Gasteiger partial charge in [-0.05, 0) is 53.1 Å². The van der Waals surface area contributed by atoms with Crippen LogP contribution >= 0.6 is 22.6 Å². The molecule has 0 fully saturated rings. The highest BCUT2D eigenvalue weighted by molar-refractivity contribution is 14.1. The van der Waals surface area contributed by atoms with Crippen LogP contribution in [0.5, 0.6) is 0 Å². The molecule has 0 heterocycles. The molecule has 0 bridgehead atoms. The molecule has 2 heteroatoms. The van der Waals surface area contributed by atoms with E-state index in [9.17, 15) is 0 Å². The Morgan fingerprint density at radius 3 is 2.85 bits per heavy atom. The summed E-state index contributed by atoms with van der Waals surface area (Å²) >= 11 is 2.37. The van der Waals surface area contributed by atoms with E-state index >= 15 is 0 Å². The van der Waals surface area contributed by atoms with Crippen molar-refractivity contribution in [2.45, 2.75) is 12.8 Å². The lowest BCUT2D eigenvalue weighted by Gasteiger charge is -2.00. The van der Waals surface area contributed by atoms with Gasteiger partial charge in [0.25, 0.3) is 0 Å². The first-order chi connectivity index (χ1) is 6.34. The van der Waals surface area contributed by atoms with Crippen molar-refractivity contribution in [1.82, 2.24) is 0 Å². The highest BCUT2D eigenvalue weighted by atomic mass is 127. The summed E-state index contributed by atoms with van der Waals surface area (Å²) < 4.78 is 6.17. The van der Waals surface area contributed by atoms with Crippen molar-refractivity contribution in [1.29, 1.82) is 0 Å². The van der Waals surface area contributed by atoms with E-state index < -0.39 is 0 Å². The second-order valence-corrected chi connectivity index (χ2v) is 3.90. The Hall–Kier alpha value is -0.510. The fourth-order valence-corrected chi connectivity index (χ4v) is 1.76. The van der Waals surface area contributed by atoms with Crippen molar-refractivity contribution in [2.24, 2.45) is 0 Å². The molecule has 1 aromatic carbocycles. The number of benzene rings is 1. The lowest BCUT2D eigenvalue weighted by atomic mass is 10.1. The Morgan fingerprint density at radius 1 is 1.38 bits per heavy atom. The number of aryl methyl sites for hydroxylation is 1. The maximum atomic E-state index is 4.83. The van der Waals surface area contributed by atoms with E-state index in [-0.39, 0.29) is 0 Å². The Labute approximate surface area is 92.9 Å². The quantitative estimate of drug-likeness (QED) is 0.609. The molecular weight excluding hydrogens is 275 g/mol. The summed E-state index contributed by atoms with van der Waals surface area (Å²) in [5.41, 5.74) is 1.41. The van der Waals surface area contributed by atoms with E-state index in [0.29, 0.717) is 0 Å². The fourth-order valence-electron chi connectivity index (χ4n) is 1.10. The van der Waals surface area contributed by atoms with E-state index in [0.717, 1.165) is 12.8 Å². The number of hydrogen-bond acceptors (Lipinski definition) is 1. The molecule has 0 saturated heterocycles. The lowest BCUT2D eigenvalue weighted by Crippen LogP contribution is -1.86. The Bertz CT molecular complexity index is 281. The highest BCUT2D eigenvalue weighted by Gasteiger charge is 1.95. The first-order valence-electron chi connectivity index (χ1n) is 4.26. The standard InChI is InChI=1S/C11H13IO/c1-13-9-5-4-7-10-6-2-3-8-11(10)12/h2-3,5-6,8-9H,4,7H2,1H3/b9-5+. The van der Waals surface area contributed by atoms with Crippen molar-refractivity contribution >= 4 is 22.6 Å². The van der Waals surface area contributed by atoms with Crippen LogP contribution in [-0.2, 0) is 11.2 Å². The third kappa shape index (κ3) is 3.81. The van der Waals surface area contributed by atoms with Crippen molar-refractivity contribution < 1.29 is 4.74 Å². The molecule has 0 aliphatic rings. The number of allylic oxidation sites excluding steroid dienone is 1. The summed E-state index contributed by atoms with van der Waals surface area (Å²) in [5, 5.41) is 0. The first kappa shape index (κ1) is 10.6. The minimum absolute atomic E-state index is 1.04. The minimum atomic E-state index is 1.04. The molecule has 1 aromatic rings. The molecular formula is C11H13IO. The number of hydrogen-bond donors (Lipinski definition) is 0. The number of ether oxygens (including phenoxy) is 1. The normalized spacial score (nSPS) is 10.6. The van der Waals surface area contributed by atoms with Crippen LogP contribution in [0.25, 0.3) is 0 Å². The van der Waals surface area contributed by atoms with E-state index in [4.69, 9.17) is 4.74 Å². The van der Waals surface area contributed by atoms with Gasteiger partial charge in [0.15, 0.2) is 0 Å². The Balaban J connectivity index is 2.45. The summed E-state index contributed by atoms with van der Waals surface area (Å²) in [6.07, 6.45) is 5.89. The van der Waals surface area contributed by atoms with E-state index in [1.54, 1.807) is 13.4 Å². The van der Waals surface area contributed by atoms with Crippen molar-refractivity contribution in [3.05, 3.63) is 45.7 Å². The van der Waals surface area contributed by atoms with E-state index in [1.807, 2.05) is 6.08 Å². The molecule has 0 unspecified atom stereocenters. The third-order valence-electron chi connectivity index (χ3n) is 1.77. The van der Waals surface area contributed by atoms with Crippen molar-refractivity contribution in [2.75, 3.05) is 7.11 Å². The van der Waals surface area contributed by atoms with Gasteiger partial charge in [0, 0.05) is 3.57 Å². The van der Waals surface area contributed by atoms with Gasteiger partial charge in [0.2, 0.25) is 0 Å². The molecule has 0 aliphatic carbocycles. The summed E-state index contributed by atoms with van der Waals surface area (Å²) in [6.45, 7) is 0. The first-order valence-corrected chi connectivity index (χ1v) is 5.33. The van der Waals surface area contributed by atoms with Crippen LogP contribution in [0.4, 0.5) is 0 Å². The summed E-state index contributed by atoms with van der Waals surface area (Å²) in [5.74, 6) is 0. The minimum Gasteiger partial charge on any atom is -0.505 e. The average molecular weight is 288 g/mol. The summed E-state index contributed by atoms with van der Waals surface area (Å²) in [4.78, 5) is 0. The molecule has 0 saturated carbocycles. The molecule has 70 valence electrons. The van der Waals surface area contributed by atoms with Crippen molar-refractivity contribution in [3.63, 3.8) is 0 Å². The molecule has 0 amide bonds. The molecule has 1 nitrogen and oxygen atoms in total.